The maximum atomic E-state index is 13.1. The lowest BCUT2D eigenvalue weighted by molar-refractivity contribution is 0.287. The Morgan fingerprint density at radius 3 is 2.80 bits per heavy atom. The molecular formula is C12H14FNO. The van der Waals surface area contributed by atoms with Crippen molar-refractivity contribution in [1.29, 1.82) is 5.26 Å². The van der Waals surface area contributed by atoms with Gasteiger partial charge in [0.1, 0.15) is 23.2 Å². The van der Waals surface area contributed by atoms with Crippen LogP contribution in [0.25, 0.3) is 0 Å². The molecule has 0 aliphatic rings. The van der Waals surface area contributed by atoms with Crippen molar-refractivity contribution in [3.8, 4) is 11.8 Å². The summed E-state index contributed by atoms with van der Waals surface area (Å²) in [4.78, 5) is 0. The third-order valence-electron chi connectivity index (χ3n) is 2.04. The van der Waals surface area contributed by atoms with E-state index in [1.54, 1.807) is 18.2 Å². The molecule has 0 atom stereocenters. The van der Waals surface area contributed by atoms with Crippen LogP contribution in [-0.4, -0.2) is 6.61 Å². The monoisotopic (exact) mass is 207 g/mol. The molecule has 0 unspecified atom stereocenters. The summed E-state index contributed by atoms with van der Waals surface area (Å²) in [6.07, 6.45) is 0.890. The highest BCUT2D eigenvalue weighted by Gasteiger charge is 2.08. The van der Waals surface area contributed by atoms with E-state index in [1.165, 1.54) is 6.07 Å². The van der Waals surface area contributed by atoms with Gasteiger partial charge in [-0.05, 0) is 24.5 Å². The van der Waals surface area contributed by atoms with Crippen LogP contribution in [0.5, 0.6) is 5.75 Å². The van der Waals surface area contributed by atoms with Gasteiger partial charge in [-0.3, -0.25) is 0 Å². The Hall–Kier alpha value is -1.56. The summed E-state index contributed by atoms with van der Waals surface area (Å²) < 4.78 is 18.5. The molecule has 0 saturated carbocycles. The van der Waals surface area contributed by atoms with Crippen LogP contribution < -0.4 is 4.74 Å². The van der Waals surface area contributed by atoms with Gasteiger partial charge in [0.25, 0.3) is 0 Å². The number of nitrogens with zero attached hydrogens (tertiary/aromatic N) is 1. The number of nitriles is 1. The van der Waals surface area contributed by atoms with Gasteiger partial charge in [-0.2, -0.15) is 5.26 Å². The average Bonchev–Trinajstić information content (AvgIpc) is 2.17. The number of ether oxygens (including phenoxy) is 1. The molecule has 0 aliphatic heterocycles. The van der Waals surface area contributed by atoms with Crippen molar-refractivity contribution in [1.82, 2.24) is 0 Å². The fourth-order valence-electron chi connectivity index (χ4n) is 1.14. The lowest BCUT2D eigenvalue weighted by atomic mass is 10.1. The van der Waals surface area contributed by atoms with Crippen molar-refractivity contribution in [2.45, 2.75) is 20.3 Å². The minimum atomic E-state index is -0.528. The maximum absolute atomic E-state index is 13.1. The van der Waals surface area contributed by atoms with Crippen LogP contribution in [-0.2, 0) is 0 Å². The first-order valence-electron chi connectivity index (χ1n) is 4.96. The second-order valence-corrected chi connectivity index (χ2v) is 3.76. The largest absolute Gasteiger partial charge is 0.492 e. The van der Waals surface area contributed by atoms with Gasteiger partial charge in [-0.25, -0.2) is 4.39 Å². The molecule has 0 spiro atoms. The third kappa shape index (κ3) is 3.25. The minimum absolute atomic E-state index is 0.0127. The lowest BCUT2D eigenvalue weighted by Crippen LogP contribution is -2.03. The normalized spacial score (nSPS) is 10.1. The Morgan fingerprint density at radius 1 is 1.47 bits per heavy atom. The van der Waals surface area contributed by atoms with Crippen molar-refractivity contribution in [3.63, 3.8) is 0 Å². The van der Waals surface area contributed by atoms with Gasteiger partial charge in [0.2, 0.25) is 0 Å². The van der Waals surface area contributed by atoms with Crippen LogP contribution in [0.1, 0.15) is 25.8 Å². The van der Waals surface area contributed by atoms with Crippen LogP contribution >= 0.6 is 0 Å². The van der Waals surface area contributed by atoms with Gasteiger partial charge in [0.05, 0.1) is 6.61 Å². The number of hydrogen-bond donors (Lipinski definition) is 0. The second-order valence-electron chi connectivity index (χ2n) is 3.76. The van der Waals surface area contributed by atoms with E-state index >= 15 is 0 Å². The van der Waals surface area contributed by atoms with Crippen LogP contribution in [0.3, 0.4) is 0 Å². The molecule has 0 fully saturated rings. The molecule has 1 aromatic carbocycles. The highest BCUT2D eigenvalue weighted by atomic mass is 19.1. The van der Waals surface area contributed by atoms with Crippen LogP contribution in [0.4, 0.5) is 4.39 Å². The molecule has 1 aromatic rings. The summed E-state index contributed by atoms with van der Waals surface area (Å²) in [6.45, 7) is 4.68. The van der Waals surface area contributed by atoms with Crippen molar-refractivity contribution in [2.75, 3.05) is 6.61 Å². The standard InChI is InChI=1S/C12H14FNO/c1-9(2)6-7-15-12-5-3-4-11(13)10(12)8-14/h3-5,9H,6-7H2,1-2H3. The first-order valence-corrected chi connectivity index (χ1v) is 4.96. The van der Waals surface area contributed by atoms with Gasteiger partial charge in [0, 0.05) is 0 Å². The molecule has 3 heteroatoms. The van der Waals surface area contributed by atoms with Crippen LogP contribution in [0, 0.1) is 23.1 Å². The molecule has 80 valence electrons. The Kier molecular flexibility index (Phi) is 4.11. The predicted octanol–water partition coefficient (Wildman–Crippen LogP) is 3.12. The van der Waals surface area contributed by atoms with Crippen molar-refractivity contribution in [2.24, 2.45) is 5.92 Å². The topological polar surface area (TPSA) is 33.0 Å². The number of hydrogen-bond acceptors (Lipinski definition) is 2. The molecule has 0 heterocycles. The molecule has 0 saturated heterocycles. The molecule has 2 nitrogen and oxygen atoms in total. The summed E-state index contributed by atoms with van der Waals surface area (Å²) in [6, 6.07) is 6.22. The predicted molar refractivity (Wildman–Crippen MR) is 56.1 cm³/mol. The molecule has 0 radical (unpaired) electrons. The Bertz CT molecular complexity index is 368. The van der Waals surface area contributed by atoms with Gasteiger partial charge in [-0.15, -0.1) is 0 Å². The van der Waals surface area contributed by atoms with Crippen molar-refractivity contribution >= 4 is 0 Å². The van der Waals surface area contributed by atoms with E-state index in [1.807, 2.05) is 0 Å². The number of benzene rings is 1. The Morgan fingerprint density at radius 2 is 2.20 bits per heavy atom. The minimum Gasteiger partial charge on any atom is -0.492 e. The first kappa shape index (κ1) is 11.5. The molecule has 0 bridgehead atoms. The van der Waals surface area contributed by atoms with Gasteiger partial charge < -0.3 is 4.74 Å². The fraction of sp³-hybridized carbons (Fsp3) is 0.417. The molecule has 15 heavy (non-hydrogen) atoms. The summed E-state index contributed by atoms with van der Waals surface area (Å²) in [5, 5.41) is 8.74. The highest BCUT2D eigenvalue weighted by molar-refractivity contribution is 5.43. The highest BCUT2D eigenvalue weighted by Crippen LogP contribution is 2.20. The van der Waals surface area contributed by atoms with Gasteiger partial charge in [0.15, 0.2) is 0 Å². The first-order chi connectivity index (χ1) is 7.15. The van der Waals surface area contributed by atoms with E-state index in [0.29, 0.717) is 18.3 Å². The maximum Gasteiger partial charge on any atom is 0.144 e. The summed E-state index contributed by atoms with van der Waals surface area (Å²) in [5.41, 5.74) is -0.0127. The fourth-order valence-corrected chi connectivity index (χ4v) is 1.14. The zero-order valence-electron chi connectivity index (χ0n) is 8.96. The zero-order chi connectivity index (χ0) is 11.3. The summed E-state index contributed by atoms with van der Waals surface area (Å²) in [7, 11) is 0. The third-order valence-corrected chi connectivity index (χ3v) is 2.04. The van der Waals surface area contributed by atoms with E-state index in [4.69, 9.17) is 10.00 Å². The van der Waals surface area contributed by atoms with E-state index in [2.05, 4.69) is 13.8 Å². The number of halogens is 1. The van der Waals surface area contributed by atoms with Gasteiger partial charge in [-0.1, -0.05) is 19.9 Å². The summed E-state index contributed by atoms with van der Waals surface area (Å²) in [5.74, 6) is 0.335. The van der Waals surface area contributed by atoms with E-state index < -0.39 is 5.82 Å². The van der Waals surface area contributed by atoms with E-state index in [9.17, 15) is 4.39 Å². The Balaban J connectivity index is 2.69. The summed E-state index contributed by atoms with van der Waals surface area (Å²) >= 11 is 0. The molecule has 1 rings (SSSR count). The quantitative estimate of drug-likeness (QED) is 0.759. The van der Waals surface area contributed by atoms with E-state index in [0.717, 1.165) is 6.42 Å². The van der Waals surface area contributed by atoms with Crippen molar-refractivity contribution < 1.29 is 9.13 Å². The van der Waals surface area contributed by atoms with Gasteiger partial charge >= 0.3 is 0 Å². The molecule has 0 aliphatic carbocycles. The SMILES string of the molecule is CC(C)CCOc1cccc(F)c1C#N. The van der Waals surface area contributed by atoms with Crippen molar-refractivity contribution in [3.05, 3.63) is 29.6 Å². The number of rotatable bonds is 4. The second kappa shape index (κ2) is 5.35. The molecule has 0 aromatic heterocycles. The zero-order valence-corrected chi connectivity index (χ0v) is 8.96. The molecule has 0 amide bonds. The Labute approximate surface area is 89.3 Å². The molecular weight excluding hydrogens is 193 g/mol. The lowest BCUT2D eigenvalue weighted by Gasteiger charge is -2.09. The average molecular weight is 207 g/mol. The smallest absolute Gasteiger partial charge is 0.144 e. The molecule has 0 N–H and O–H groups in total. The van der Waals surface area contributed by atoms with Crippen LogP contribution in [0.2, 0.25) is 0 Å². The van der Waals surface area contributed by atoms with Crippen LogP contribution in [0.15, 0.2) is 18.2 Å². The van der Waals surface area contributed by atoms with E-state index in [-0.39, 0.29) is 5.56 Å².